The second-order valence-corrected chi connectivity index (χ2v) is 6.61. The van der Waals surface area contributed by atoms with Crippen molar-refractivity contribution in [3.63, 3.8) is 0 Å². The van der Waals surface area contributed by atoms with Gasteiger partial charge in [-0.05, 0) is 25.1 Å². The Bertz CT molecular complexity index is 539. The van der Waals surface area contributed by atoms with E-state index in [-0.39, 0.29) is 0 Å². The van der Waals surface area contributed by atoms with Crippen LogP contribution in [-0.2, 0) is 20.0 Å². The monoisotopic (exact) mass is 273 g/mol. The van der Waals surface area contributed by atoms with Crippen LogP contribution in [0.4, 0.5) is 0 Å². The van der Waals surface area contributed by atoms with E-state index in [0.717, 1.165) is 13.1 Å². The number of aryl methyl sites for hydroxylation is 1. The SMILES string of the molecule is CN(Cc1cnn(C)c1)CC1Cc2ccccc2S1. The molecule has 1 aromatic carbocycles. The predicted octanol–water partition coefficient (Wildman–Crippen LogP) is 2.57. The molecule has 0 saturated carbocycles. The number of nitrogens with zero attached hydrogens (tertiary/aromatic N) is 3. The lowest BCUT2D eigenvalue weighted by Crippen LogP contribution is -2.26. The summed E-state index contributed by atoms with van der Waals surface area (Å²) in [6, 6.07) is 8.76. The molecule has 2 heterocycles. The molecule has 3 rings (SSSR count). The van der Waals surface area contributed by atoms with Crippen LogP contribution in [0.5, 0.6) is 0 Å². The number of hydrogen-bond donors (Lipinski definition) is 0. The summed E-state index contributed by atoms with van der Waals surface area (Å²) in [4.78, 5) is 3.85. The van der Waals surface area contributed by atoms with Gasteiger partial charge in [0.2, 0.25) is 0 Å². The van der Waals surface area contributed by atoms with Crippen molar-refractivity contribution in [1.29, 1.82) is 0 Å². The van der Waals surface area contributed by atoms with E-state index in [0.29, 0.717) is 5.25 Å². The number of benzene rings is 1. The Labute approximate surface area is 118 Å². The van der Waals surface area contributed by atoms with E-state index in [1.807, 2.05) is 29.7 Å². The van der Waals surface area contributed by atoms with Crippen molar-refractivity contribution in [1.82, 2.24) is 14.7 Å². The first-order valence-electron chi connectivity index (χ1n) is 6.61. The summed E-state index contributed by atoms with van der Waals surface area (Å²) < 4.78 is 1.86. The van der Waals surface area contributed by atoms with Gasteiger partial charge in [0.05, 0.1) is 6.20 Å². The normalized spacial score (nSPS) is 17.9. The second-order valence-electron chi connectivity index (χ2n) is 5.27. The van der Waals surface area contributed by atoms with Gasteiger partial charge in [-0.15, -0.1) is 11.8 Å². The first-order valence-corrected chi connectivity index (χ1v) is 7.49. The minimum Gasteiger partial charge on any atom is -0.301 e. The Hall–Kier alpha value is -1.26. The van der Waals surface area contributed by atoms with E-state index >= 15 is 0 Å². The van der Waals surface area contributed by atoms with Crippen molar-refractivity contribution >= 4 is 11.8 Å². The van der Waals surface area contributed by atoms with Gasteiger partial charge in [0.25, 0.3) is 0 Å². The molecule has 4 heteroatoms. The van der Waals surface area contributed by atoms with Crippen LogP contribution in [0.1, 0.15) is 11.1 Å². The maximum absolute atomic E-state index is 4.22. The van der Waals surface area contributed by atoms with E-state index < -0.39 is 0 Å². The molecule has 1 atom stereocenters. The molecular formula is C15H19N3S. The smallest absolute Gasteiger partial charge is 0.0534 e. The minimum absolute atomic E-state index is 0.680. The van der Waals surface area contributed by atoms with Gasteiger partial charge in [0.15, 0.2) is 0 Å². The summed E-state index contributed by atoms with van der Waals surface area (Å²) in [5.74, 6) is 0. The Balaban J connectivity index is 1.55. The van der Waals surface area contributed by atoms with Crippen LogP contribution >= 0.6 is 11.8 Å². The third-order valence-corrected chi connectivity index (χ3v) is 4.74. The summed E-state index contributed by atoms with van der Waals surface area (Å²) in [7, 11) is 4.16. The molecule has 1 unspecified atom stereocenters. The van der Waals surface area contributed by atoms with E-state index in [1.165, 1.54) is 22.4 Å². The van der Waals surface area contributed by atoms with Crippen LogP contribution in [0.15, 0.2) is 41.6 Å². The summed E-state index contributed by atoms with van der Waals surface area (Å²) in [5.41, 5.74) is 2.79. The molecule has 0 saturated heterocycles. The van der Waals surface area contributed by atoms with Crippen molar-refractivity contribution < 1.29 is 0 Å². The van der Waals surface area contributed by atoms with Gasteiger partial charge in [-0.25, -0.2) is 0 Å². The number of hydrogen-bond acceptors (Lipinski definition) is 3. The summed E-state index contributed by atoms with van der Waals surface area (Å²) in [5, 5.41) is 4.90. The molecule has 0 fully saturated rings. The molecule has 1 aromatic heterocycles. The van der Waals surface area contributed by atoms with Crippen LogP contribution in [-0.4, -0.2) is 33.5 Å². The number of thioether (sulfide) groups is 1. The standard InChI is InChI=1S/C15H19N3S/c1-17(9-12-8-16-18(2)10-12)11-14-7-13-5-3-4-6-15(13)19-14/h3-6,8,10,14H,7,9,11H2,1-2H3. The molecule has 0 amide bonds. The molecule has 1 aliphatic rings. The van der Waals surface area contributed by atoms with E-state index in [9.17, 15) is 0 Å². The molecular weight excluding hydrogens is 254 g/mol. The van der Waals surface area contributed by atoms with Crippen molar-refractivity contribution in [2.45, 2.75) is 23.1 Å². The van der Waals surface area contributed by atoms with Crippen LogP contribution in [0, 0.1) is 0 Å². The first-order chi connectivity index (χ1) is 9.20. The highest BCUT2D eigenvalue weighted by molar-refractivity contribution is 8.00. The van der Waals surface area contributed by atoms with Crippen LogP contribution in [0.2, 0.25) is 0 Å². The Kier molecular flexibility index (Phi) is 3.62. The van der Waals surface area contributed by atoms with Gasteiger partial charge in [0, 0.05) is 42.0 Å². The lowest BCUT2D eigenvalue weighted by atomic mass is 10.1. The second kappa shape index (κ2) is 5.39. The summed E-state index contributed by atoms with van der Waals surface area (Å²) in [6.07, 6.45) is 5.23. The molecule has 0 spiro atoms. The molecule has 0 N–H and O–H groups in total. The highest BCUT2D eigenvalue weighted by Gasteiger charge is 2.22. The number of fused-ring (bicyclic) bond motifs is 1. The zero-order chi connectivity index (χ0) is 13.2. The molecule has 0 aliphatic carbocycles. The van der Waals surface area contributed by atoms with Crippen molar-refractivity contribution in [3.05, 3.63) is 47.8 Å². The molecule has 1 aliphatic heterocycles. The van der Waals surface area contributed by atoms with Gasteiger partial charge in [-0.3, -0.25) is 4.68 Å². The Morgan fingerprint density at radius 3 is 3.00 bits per heavy atom. The first kappa shape index (κ1) is 12.8. The number of rotatable bonds is 4. The number of aromatic nitrogens is 2. The average Bonchev–Trinajstić information content (AvgIpc) is 2.94. The molecule has 3 nitrogen and oxygen atoms in total. The molecule has 0 radical (unpaired) electrons. The van der Waals surface area contributed by atoms with E-state index in [1.54, 1.807) is 0 Å². The van der Waals surface area contributed by atoms with E-state index in [4.69, 9.17) is 0 Å². The lowest BCUT2D eigenvalue weighted by molar-refractivity contribution is 0.327. The quantitative estimate of drug-likeness (QED) is 0.854. The van der Waals surface area contributed by atoms with Gasteiger partial charge >= 0.3 is 0 Å². The van der Waals surface area contributed by atoms with Gasteiger partial charge in [-0.2, -0.15) is 5.10 Å². The summed E-state index contributed by atoms with van der Waals surface area (Å²) in [6.45, 7) is 2.09. The van der Waals surface area contributed by atoms with Crippen LogP contribution in [0.25, 0.3) is 0 Å². The fraction of sp³-hybridized carbons (Fsp3) is 0.400. The average molecular weight is 273 g/mol. The predicted molar refractivity (Wildman–Crippen MR) is 79.3 cm³/mol. The van der Waals surface area contributed by atoms with Gasteiger partial charge in [-0.1, -0.05) is 18.2 Å². The van der Waals surface area contributed by atoms with Gasteiger partial charge in [0.1, 0.15) is 0 Å². The highest BCUT2D eigenvalue weighted by atomic mass is 32.2. The zero-order valence-corrected chi connectivity index (χ0v) is 12.2. The largest absolute Gasteiger partial charge is 0.301 e. The van der Waals surface area contributed by atoms with Crippen molar-refractivity contribution in [2.24, 2.45) is 7.05 Å². The fourth-order valence-electron chi connectivity index (χ4n) is 2.63. The van der Waals surface area contributed by atoms with Crippen molar-refractivity contribution in [2.75, 3.05) is 13.6 Å². The van der Waals surface area contributed by atoms with Crippen molar-refractivity contribution in [3.8, 4) is 0 Å². The third kappa shape index (κ3) is 3.01. The topological polar surface area (TPSA) is 21.1 Å². The molecule has 2 aromatic rings. The Morgan fingerprint density at radius 1 is 1.42 bits per heavy atom. The van der Waals surface area contributed by atoms with Crippen LogP contribution < -0.4 is 0 Å². The molecule has 100 valence electrons. The zero-order valence-electron chi connectivity index (χ0n) is 11.4. The Morgan fingerprint density at radius 2 is 2.26 bits per heavy atom. The fourth-order valence-corrected chi connectivity index (χ4v) is 4.04. The highest BCUT2D eigenvalue weighted by Crippen LogP contribution is 2.36. The van der Waals surface area contributed by atoms with E-state index in [2.05, 4.69) is 47.5 Å². The lowest BCUT2D eigenvalue weighted by Gasteiger charge is -2.19. The summed E-state index contributed by atoms with van der Waals surface area (Å²) >= 11 is 2.02. The maximum Gasteiger partial charge on any atom is 0.0534 e. The minimum atomic E-state index is 0.680. The molecule has 19 heavy (non-hydrogen) atoms. The maximum atomic E-state index is 4.22. The van der Waals surface area contributed by atoms with Crippen LogP contribution in [0.3, 0.4) is 0 Å². The van der Waals surface area contributed by atoms with Gasteiger partial charge < -0.3 is 4.90 Å². The molecule has 0 bridgehead atoms. The third-order valence-electron chi connectivity index (χ3n) is 3.44.